The highest BCUT2D eigenvalue weighted by Gasteiger charge is 2.40. The van der Waals surface area contributed by atoms with Gasteiger partial charge in [0.05, 0.1) is 11.5 Å². The van der Waals surface area contributed by atoms with Crippen molar-refractivity contribution in [1.29, 1.82) is 0 Å². The lowest BCUT2D eigenvalue weighted by molar-refractivity contribution is 0.155. The smallest absolute Gasteiger partial charge is 0.153 e. The molecule has 0 radical (unpaired) electrons. The van der Waals surface area contributed by atoms with Crippen molar-refractivity contribution in [2.45, 2.75) is 37.8 Å². The minimum Gasteiger partial charge on any atom is -0.311 e. The Kier molecular flexibility index (Phi) is 4.81. The Balaban J connectivity index is 1.97. The van der Waals surface area contributed by atoms with Gasteiger partial charge in [0.2, 0.25) is 0 Å². The molecule has 0 spiro atoms. The van der Waals surface area contributed by atoms with E-state index in [0.717, 1.165) is 26.1 Å². The predicted molar refractivity (Wildman–Crippen MR) is 74.5 cm³/mol. The zero-order chi connectivity index (χ0) is 13.0. The van der Waals surface area contributed by atoms with Crippen molar-refractivity contribution in [3.8, 4) is 0 Å². The van der Waals surface area contributed by atoms with Crippen LogP contribution in [-0.4, -0.2) is 56.5 Å². The molecule has 2 heterocycles. The second-order valence-electron chi connectivity index (χ2n) is 5.38. The van der Waals surface area contributed by atoms with E-state index in [2.05, 4.69) is 16.8 Å². The summed E-state index contributed by atoms with van der Waals surface area (Å²) in [7, 11) is -2.86. The van der Waals surface area contributed by atoms with Gasteiger partial charge in [-0.05, 0) is 38.9 Å². The molecule has 2 rings (SSSR count). The molecule has 0 amide bonds. The van der Waals surface area contributed by atoms with E-state index in [1.165, 1.54) is 19.3 Å². The lowest BCUT2D eigenvalue weighted by Gasteiger charge is -2.35. The molecule has 2 aliphatic rings. The van der Waals surface area contributed by atoms with Gasteiger partial charge in [-0.3, -0.25) is 4.90 Å². The molecule has 0 aliphatic carbocycles. The highest BCUT2D eigenvalue weighted by molar-refractivity contribution is 7.91. The van der Waals surface area contributed by atoms with Crippen LogP contribution < -0.4 is 5.32 Å². The van der Waals surface area contributed by atoms with Gasteiger partial charge in [0.1, 0.15) is 0 Å². The van der Waals surface area contributed by atoms with Gasteiger partial charge in [-0.2, -0.15) is 0 Å². The number of nitrogens with zero attached hydrogens (tertiary/aromatic N) is 1. The van der Waals surface area contributed by atoms with Crippen LogP contribution in [0.25, 0.3) is 0 Å². The van der Waals surface area contributed by atoms with Crippen LogP contribution >= 0.6 is 0 Å². The van der Waals surface area contributed by atoms with Crippen LogP contribution in [0.2, 0.25) is 0 Å². The molecule has 5 heteroatoms. The van der Waals surface area contributed by atoms with Gasteiger partial charge in [0, 0.05) is 12.1 Å². The van der Waals surface area contributed by atoms with E-state index < -0.39 is 9.84 Å². The molecule has 18 heavy (non-hydrogen) atoms. The van der Waals surface area contributed by atoms with E-state index in [-0.39, 0.29) is 12.1 Å². The Morgan fingerprint density at radius 1 is 1.22 bits per heavy atom. The van der Waals surface area contributed by atoms with Gasteiger partial charge in [-0.25, -0.2) is 8.42 Å². The van der Waals surface area contributed by atoms with Crippen molar-refractivity contribution < 1.29 is 8.42 Å². The number of hydrogen-bond donors (Lipinski definition) is 1. The zero-order valence-corrected chi connectivity index (χ0v) is 11.8. The first kappa shape index (κ1) is 14.0. The summed E-state index contributed by atoms with van der Waals surface area (Å²) >= 11 is 0. The highest BCUT2D eigenvalue weighted by Crippen LogP contribution is 2.22. The van der Waals surface area contributed by atoms with Gasteiger partial charge >= 0.3 is 0 Å². The summed E-state index contributed by atoms with van der Waals surface area (Å²) in [5.41, 5.74) is 0. The van der Waals surface area contributed by atoms with E-state index in [1.54, 1.807) is 0 Å². The quantitative estimate of drug-likeness (QED) is 0.594. The second kappa shape index (κ2) is 6.17. The Bertz CT molecular complexity index is 374. The lowest BCUT2D eigenvalue weighted by Crippen LogP contribution is -2.51. The molecule has 2 saturated heterocycles. The molecule has 2 fully saturated rings. The molecular weight excluding hydrogens is 248 g/mol. The Morgan fingerprint density at radius 2 is 1.94 bits per heavy atom. The molecule has 2 atom stereocenters. The summed E-state index contributed by atoms with van der Waals surface area (Å²) in [4.78, 5) is 2.37. The van der Waals surface area contributed by atoms with Crippen molar-refractivity contribution in [2.24, 2.45) is 0 Å². The van der Waals surface area contributed by atoms with E-state index in [9.17, 15) is 8.42 Å². The molecule has 0 saturated carbocycles. The van der Waals surface area contributed by atoms with Crippen molar-refractivity contribution in [1.82, 2.24) is 10.2 Å². The molecule has 0 unspecified atom stereocenters. The molecule has 0 aromatic rings. The monoisotopic (exact) mass is 272 g/mol. The average molecular weight is 272 g/mol. The first-order valence-corrected chi connectivity index (χ1v) is 8.73. The third-order valence-electron chi connectivity index (χ3n) is 3.94. The largest absolute Gasteiger partial charge is 0.311 e. The number of likely N-dealkylation sites (tertiary alicyclic amines) is 1. The number of hydrogen-bond acceptors (Lipinski definition) is 4. The minimum atomic E-state index is -2.86. The molecular formula is C13H24N2O2S. The lowest BCUT2D eigenvalue weighted by atomic mass is 10.0. The normalized spacial score (nSPS) is 32.4. The zero-order valence-electron chi connectivity index (χ0n) is 11.0. The first-order chi connectivity index (χ1) is 8.62. The number of piperidine rings is 1. The minimum absolute atomic E-state index is 0.105. The summed E-state index contributed by atoms with van der Waals surface area (Å²) in [6, 6.07) is 0.285. The van der Waals surface area contributed by atoms with E-state index in [4.69, 9.17) is 0 Å². The maximum Gasteiger partial charge on any atom is 0.153 e. The van der Waals surface area contributed by atoms with E-state index in [1.807, 2.05) is 6.08 Å². The number of nitrogens with one attached hydrogen (secondary N) is 1. The number of sulfone groups is 1. The van der Waals surface area contributed by atoms with Gasteiger partial charge in [-0.15, -0.1) is 6.58 Å². The van der Waals surface area contributed by atoms with Gasteiger partial charge in [0.15, 0.2) is 9.84 Å². The van der Waals surface area contributed by atoms with E-state index >= 15 is 0 Å². The van der Waals surface area contributed by atoms with Gasteiger partial charge < -0.3 is 5.32 Å². The van der Waals surface area contributed by atoms with Crippen molar-refractivity contribution in [3.63, 3.8) is 0 Å². The fourth-order valence-electron chi connectivity index (χ4n) is 3.00. The molecule has 1 N–H and O–H groups in total. The van der Waals surface area contributed by atoms with Crippen LogP contribution in [0, 0.1) is 0 Å². The third kappa shape index (κ3) is 3.56. The fourth-order valence-corrected chi connectivity index (χ4v) is 4.99. The molecule has 0 aromatic carbocycles. The van der Waals surface area contributed by atoms with E-state index in [0.29, 0.717) is 11.5 Å². The topological polar surface area (TPSA) is 49.4 Å². The molecule has 104 valence electrons. The maximum absolute atomic E-state index is 11.8. The summed E-state index contributed by atoms with van der Waals surface area (Å²) in [6.45, 7) is 6.63. The number of rotatable bonds is 5. The van der Waals surface area contributed by atoms with Crippen LogP contribution in [0.15, 0.2) is 12.7 Å². The molecule has 4 nitrogen and oxygen atoms in total. The van der Waals surface area contributed by atoms with Gasteiger partial charge in [0.25, 0.3) is 0 Å². The van der Waals surface area contributed by atoms with Crippen LogP contribution in [0.3, 0.4) is 0 Å². The summed E-state index contributed by atoms with van der Waals surface area (Å²) in [5.74, 6) is 0.629. The molecule has 2 aliphatic heterocycles. The summed E-state index contributed by atoms with van der Waals surface area (Å²) < 4.78 is 23.7. The SMILES string of the molecule is C=CCCN[C@H]1CS(=O)(=O)C[C@@H]1N1CCCCC1. The van der Waals surface area contributed by atoms with Crippen molar-refractivity contribution in [2.75, 3.05) is 31.1 Å². The Morgan fingerprint density at radius 3 is 2.61 bits per heavy atom. The van der Waals surface area contributed by atoms with Crippen molar-refractivity contribution >= 4 is 9.84 Å². The second-order valence-corrected chi connectivity index (χ2v) is 7.53. The summed E-state index contributed by atoms with van der Waals surface area (Å²) in [5, 5.41) is 3.39. The van der Waals surface area contributed by atoms with Crippen LogP contribution in [-0.2, 0) is 9.84 Å². The highest BCUT2D eigenvalue weighted by atomic mass is 32.2. The fraction of sp³-hybridized carbons (Fsp3) is 0.846. The first-order valence-electron chi connectivity index (χ1n) is 6.91. The maximum atomic E-state index is 11.8. The van der Waals surface area contributed by atoms with Crippen molar-refractivity contribution in [3.05, 3.63) is 12.7 Å². The summed E-state index contributed by atoms with van der Waals surface area (Å²) in [6.07, 6.45) is 6.45. The predicted octanol–water partition coefficient (Wildman–Crippen LogP) is 0.804. The Hall–Kier alpha value is -0.390. The third-order valence-corrected chi connectivity index (χ3v) is 5.65. The van der Waals surface area contributed by atoms with Gasteiger partial charge in [-0.1, -0.05) is 12.5 Å². The average Bonchev–Trinajstić information content (AvgIpc) is 2.66. The standard InChI is InChI=1S/C13H24N2O2S/c1-2-3-7-14-12-10-18(16,17)11-13(12)15-8-5-4-6-9-15/h2,12-14H,1,3-11H2/t12-,13-/m0/s1. The van der Waals surface area contributed by atoms with Crippen LogP contribution in [0.1, 0.15) is 25.7 Å². The molecule has 0 bridgehead atoms. The Labute approximate surface area is 110 Å². The van der Waals surface area contributed by atoms with Crippen LogP contribution in [0.5, 0.6) is 0 Å². The van der Waals surface area contributed by atoms with Crippen LogP contribution in [0.4, 0.5) is 0 Å². The molecule has 0 aromatic heterocycles.